The topological polar surface area (TPSA) is 69.9 Å². The number of ether oxygens (including phenoxy) is 1. The average Bonchev–Trinajstić information content (AvgIpc) is 3.02. The summed E-state index contributed by atoms with van der Waals surface area (Å²) in [5.41, 5.74) is 1.12. The number of esters is 1. The lowest BCUT2D eigenvalue weighted by atomic mass is 10.2. The van der Waals surface area contributed by atoms with Crippen molar-refractivity contribution in [3.63, 3.8) is 0 Å². The Morgan fingerprint density at radius 2 is 1.95 bits per heavy atom. The molecule has 0 aliphatic rings. The fraction of sp³-hybridized carbons (Fsp3) is 0. The van der Waals surface area contributed by atoms with Gasteiger partial charge in [0.15, 0.2) is 0 Å². The molecule has 7 heteroatoms. The zero-order valence-electron chi connectivity index (χ0n) is 10.7. The van der Waals surface area contributed by atoms with Crippen molar-refractivity contribution in [2.45, 2.75) is 0 Å². The maximum Gasteiger partial charge on any atom is 0.343 e. The Bertz CT molecular complexity index is 757. The molecule has 3 aromatic rings. The van der Waals surface area contributed by atoms with E-state index in [9.17, 15) is 4.79 Å². The number of nitrogens with zero attached hydrogens (tertiary/aromatic N) is 4. The first-order valence-corrected chi connectivity index (χ1v) is 6.41. The second-order valence-electron chi connectivity index (χ2n) is 4.15. The molecule has 0 atom stereocenters. The van der Waals surface area contributed by atoms with E-state index in [1.807, 2.05) is 0 Å². The van der Waals surface area contributed by atoms with E-state index >= 15 is 0 Å². The maximum atomic E-state index is 12.0. The fourth-order valence-corrected chi connectivity index (χ4v) is 1.85. The van der Waals surface area contributed by atoms with Gasteiger partial charge in [-0.25, -0.2) is 9.48 Å². The van der Waals surface area contributed by atoms with E-state index in [0.717, 1.165) is 0 Å². The number of carbonyl (C=O) groups is 1. The minimum absolute atomic E-state index is 0.406. The first-order chi connectivity index (χ1) is 10.2. The first-order valence-electron chi connectivity index (χ1n) is 6.03. The van der Waals surface area contributed by atoms with Crippen molar-refractivity contribution >= 4 is 17.6 Å². The van der Waals surface area contributed by atoms with E-state index in [1.165, 1.54) is 11.0 Å². The molecule has 0 aliphatic heterocycles. The van der Waals surface area contributed by atoms with Crippen LogP contribution in [0.2, 0.25) is 5.02 Å². The van der Waals surface area contributed by atoms with Gasteiger partial charge in [0, 0.05) is 11.1 Å². The number of benzene rings is 2. The molecule has 1 heterocycles. The summed E-state index contributed by atoms with van der Waals surface area (Å²) >= 11 is 5.78. The van der Waals surface area contributed by atoms with E-state index in [1.54, 1.807) is 48.5 Å². The molecular formula is C14H9ClN4O2. The van der Waals surface area contributed by atoms with Gasteiger partial charge in [-0.15, -0.1) is 5.10 Å². The molecule has 0 spiro atoms. The molecule has 0 saturated heterocycles. The number of aromatic nitrogens is 4. The van der Waals surface area contributed by atoms with Crippen LogP contribution in [0.25, 0.3) is 5.69 Å². The van der Waals surface area contributed by atoms with Gasteiger partial charge in [-0.2, -0.15) is 0 Å². The highest BCUT2D eigenvalue weighted by Crippen LogP contribution is 2.18. The summed E-state index contributed by atoms with van der Waals surface area (Å²) in [5, 5.41) is 11.5. The largest absolute Gasteiger partial charge is 0.423 e. The standard InChI is InChI=1S/C14H9ClN4O2/c15-11-6-4-10(5-7-11)14(20)21-13-3-1-2-12(8-13)19-9-16-17-18-19/h1-9H. The smallest absolute Gasteiger partial charge is 0.343 e. The SMILES string of the molecule is O=C(Oc1cccc(-n2cnnn2)c1)c1ccc(Cl)cc1. The van der Waals surface area contributed by atoms with Gasteiger partial charge >= 0.3 is 5.97 Å². The minimum Gasteiger partial charge on any atom is -0.423 e. The summed E-state index contributed by atoms with van der Waals surface area (Å²) in [4.78, 5) is 12.0. The van der Waals surface area contributed by atoms with Crippen LogP contribution < -0.4 is 4.74 Å². The third-order valence-electron chi connectivity index (χ3n) is 2.72. The van der Waals surface area contributed by atoms with Gasteiger partial charge in [0.2, 0.25) is 0 Å². The molecule has 0 saturated carbocycles. The van der Waals surface area contributed by atoms with Crippen LogP contribution in [-0.4, -0.2) is 26.2 Å². The molecule has 0 radical (unpaired) electrons. The zero-order chi connectivity index (χ0) is 14.7. The maximum absolute atomic E-state index is 12.0. The van der Waals surface area contributed by atoms with Crippen LogP contribution >= 0.6 is 11.6 Å². The van der Waals surface area contributed by atoms with Crippen molar-refractivity contribution in [1.29, 1.82) is 0 Å². The van der Waals surface area contributed by atoms with Crippen molar-refractivity contribution < 1.29 is 9.53 Å². The normalized spacial score (nSPS) is 10.3. The molecule has 1 aromatic heterocycles. The van der Waals surface area contributed by atoms with Crippen LogP contribution in [0.15, 0.2) is 54.9 Å². The van der Waals surface area contributed by atoms with Crippen LogP contribution in [0.3, 0.4) is 0 Å². The highest BCUT2D eigenvalue weighted by Gasteiger charge is 2.09. The molecule has 0 fully saturated rings. The summed E-state index contributed by atoms with van der Waals surface area (Å²) in [6, 6.07) is 13.4. The van der Waals surface area contributed by atoms with E-state index in [0.29, 0.717) is 22.0 Å². The Morgan fingerprint density at radius 1 is 1.14 bits per heavy atom. The third kappa shape index (κ3) is 3.06. The van der Waals surface area contributed by atoms with Gasteiger partial charge in [-0.3, -0.25) is 0 Å². The average molecular weight is 301 g/mol. The number of rotatable bonds is 3. The summed E-state index contributed by atoms with van der Waals surface area (Å²) < 4.78 is 6.79. The number of halogens is 1. The molecule has 2 aromatic carbocycles. The predicted octanol–water partition coefficient (Wildman–Crippen LogP) is 2.53. The van der Waals surface area contributed by atoms with Crippen LogP contribution in [0.1, 0.15) is 10.4 Å². The van der Waals surface area contributed by atoms with Gasteiger partial charge < -0.3 is 4.74 Å². The monoisotopic (exact) mass is 300 g/mol. The Kier molecular flexibility index (Phi) is 3.61. The second-order valence-corrected chi connectivity index (χ2v) is 4.58. The summed E-state index contributed by atoms with van der Waals surface area (Å²) in [6.07, 6.45) is 1.46. The summed E-state index contributed by atoms with van der Waals surface area (Å²) in [6.45, 7) is 0. The van der Waals surface area contributed by atoms with Crippen molar-refractivity contribution in [1.82, 2.24) is 20.2 Å². The van der Waals surface area contributed by atoms with Crippen LogP contribution in [0.5, 0.6) is 5.75 Å². The second kappa shape index (κ2) is 5.72. The van der Waals surface area contributed by atoms with Crippen molar-refractivity contribution in [3.05, 3.63) is 65.4 Å². The van der Waals surface area contributed by atoms with Crippen LogP contribution in [-0.2, 0) is 0 Å². The molecular weight excluding hydrogens is 292 g/mol. The Balaban J connectivity index is 1.80. The lowest BCUT2D eigenvalue weighted by molar-refractivity contribution is 0.0735. The van der Waals surface area contributed by atoms with E-state index in [4.69, 9.17) is 16.3 Å². The lowest BCUT2D eigenvalue weighted by Gasteiger charge is -2.06. The quantitative estimate of drug-likeness (QED) is 0.549. The van der Waals surface area contributed by atoms with Gasteiger partial charge in [0.05, 0.1) is 11.3 Å². The summed E-state index contributed by atoms with van der Waals surface area (Å²) in [7, 11) is 0. The van der Waals surface area contributed by atoms with Crippen molar-refractivity contribution in [2.24, 2.45) is 0 Å². The molecule has 6 nitrogen and oxygen atoms in total. The third-order valence-corrected chi connectivity index (χ3v) is 2.97. The van der Waals surface area contributed by atoms with E-state index in [2.05, 4.69) is 15.5 Å². The van der Waals surface area contributed by atoms with E-state index < -0.39 is 5.97 Å². The Morgan fingerprint density at radius 3 is 2.67 bits per heavy atom. The highest BCUT2D eigenvalue weighted by molar-refractivity contribution is 6.30. The van der Waals surface area contributed by atoms with Gasteiger partial charge in [-0.1, -0.05) is 17.7 Å². The van der Waals surface area contributed by atoms with Crippen molar-refractivity contribution in [3.8, 4) is 11.4 Å². The van der Waals surface area contributed by atoms with Gasteiger partial charge in [0.25, 0.3) is 0 Å². The van der Waals surface area contributed by atoms with Gasteiger partial charge in [-0.05, 0) is 46.8 Å². The number of hydrogen-bond acceptors (Lipinski definition) is 5. The van der Waals surface area contributed by atoms with Crippen LogP contribution in [0.4, 0.5) is 0 Å². The Labute approximate surface area is 124 Å². The highest BCUT2D eigenvalue weighted by atomic mass is 35.5. The molecule has 0 unspecified atom stereocenters. The first kappa shape index (κ1) is 13.3. The van der Waals surface area contributed by atoms with Crippen LogP contribution in [0, 0.1) is 0 Å². The zero-order valence-corrected chi connectivity index (χ0v) is 11.4. The van der Waals surface area contributed by atoms with Gasteiger partial charge in [0.1, 0.15) is 12.1 Å². The molecule has 21 heavy (non-hydrogen) atoms. The Hall–Kier alpha value is -2.73. The predicted molar refractivity (Wildman–Crippen MR) is 75.6 cm³/mol. The molecule has 0 bridgehead atoms. The van der Waals surface area contributed by atoms with Crippen molar-refractivity contribution in [2.75, 3.05) is 0 Å². The molecule has 0 amide bonds. The molecule has 0 aliphatic carbocycles. The minimum atomic E-state index is -0.458. The molecule has 104 valence electrons. The number of carbonyl (C=O) groups excluding carboxylic acids is 1. The lowest BCUT2D eigenvalue weighted by Crippen LogP contribution is -2.08. The fourth-order valence-electron chi connectivity index (χ4n) is 1.72. The molecule has 3 rings (SSSR count). The number of tetrazole rings is 1. The summed E-state index contributed by atoms with van der Waals surface area (Å²) in [5.74, 6) is -0.0523. The molecule has 0 N–H and O–H groups in total. The number of hydrogen-bond donors (Lipinski definition) is 0. The van der Waals surface area contributed by atoms with E-state index in [-0.39, 0.29) is 0 Å².